The van der Waals surface area contributed by atoms with Gasteiger partial charge in [0.05, 0.1) is 6.10 Å². The first kappa shape index (κ1) is 10.1. The molecule has 0 amide bonds. The van der Waals surface area contributed by atoms with E-state index in [0.717, 1.165) is 17.8 Å². The predicted octanol–water partition coefficient (Wildman–Crippen LogP) is 2.27. The van der Waals surface area contributed by atoms with Crippen molar-refractivity contribution in [1.29, 1.82) is 0 Å². The van der Waals surface area contributed by atoms with Gasteiger partial charge in [0.25, 0.3) is 0 Å². The van der Waals surface area contributed by atoms with Crippen molar-refractivity contribution in [1.82, 2.24) is 4.90 Å². The van der Waals surface area contributed by atoms with Crippen LogP contribution in [0.2, 0.25) is 0 Å². The Morgan fingerprint density at radius 2 is 2.21 bits per heavy atom. The molecule has 1 unspecified atom stereocenters. The lowest BCUT2D eigenvalue weighted by Gasteiger charge is -2.16. The van der Waals surface area contributed by atoms with Crippen molar-refractivity contribution >= 4 is 11.3 Å². The summed E-state index contributed by atoms with van der Waals surface area (Å²) in [7, 11) is 0. The molecule has 1 atom stereocenters. The average Bonchev–Trinajstić information content (AvgIpc) is 2.87. The first-order valence-corrected chi connectivity index (χ1v) is 6.18. The third kappa shape index (κ3) is 2.56. The number of aliphatic hydroxyl groups excluding tert-OH is 1. The second kappa shape index (κ2) is 4.91. The zero-order valence-electron chi connectivity index (χ0n) is 8.35. The topological polar surface area (TPSA) is 23.5 Å². The largest absolute Gasteiger partial charge is 0.388 e. The molecule has 0 aliphatic carbocycles. The zero-order chi connectivity index (χ0) is 9.80. The van der Waals surface area contributed by atoms with Crippen LogP contribution in [0.25, 0.3) is 0 Å². The molecule has 78 valence electrons. The van der Waals surface area contributed by atoms with Gasteiger partial charge in [-0.3, -0.25) is 0 Å². The normalized spacial score (nSPS) is 20.1. The van der Waals surface area contributed by atoms with Gasteiger partial charge >= 0.3 is 0 Å². The summed E-state index contributed by atoms with van der Waals surface area (Å²) < 4.78 is 0. The van der Waals surface area contributed by atoms with Gasteiger partial charge in [-0.15, -0.1) is 11.3 Å². The van der Waals surface area contributed by atoms with Gasteiger partial charge in [0, 0.05) is 11.4 Å². The first-order chi connectivity index (χ1) is 6.86. The lowest BCUT2D eigenvalue weighted by molar-refractivity contribution is 0.152. The summed E-state index contributed by atoms with van der Waals surface area (Å²) in [5.74, 6) is 0. The Labute approximate surface area is 89.2 Å². The highest BCUT2D eigenvalue weighted by molar-refractivity contribution is 7.10. The molecule has 2 rings (SSSR count). The Morgan fingerprint density at radius 3 is 2.86 bits per heavy atom. The molecule has 0 radical (unpaired) electrons. The van der Waals surface area contributed by atoms with Gasteiger partial charge in [0.2, 0.25) is 0 Å². The molecule has 3 heteroatoms. The van der Waals surface area contributed by atoms with Crippen molar-refractivity contribution in [2.75, 3.05) is 19.6 Å². The monoisotopic (exact) mass is 211 g/mol. The highest BCUT2D eigenvalue weighted by atomic mass is 32.1. The molecule has 1 saturated heterocycles. The van der Waals surface area contributed by atoms with Gasteiger partial charge in [-0.05, 0) is 43.8 Å². The molecule has 1 aromatic rings. The molecule has 1 fully saturated rings. The minimum Gasteiger partial charge on any atom is -0.388 e. The molecular weight excluding hydrogens is 194 g/mol. The molecule has 0 saturated carbocycles. The summed E-state index contributed by atoms with van der Waals surface area (Å²) in [6.45, 7) is 3.48. The molecule has 2 nitrogen and oxygen atoms in total. The Morgan fingerprint density at radius 1 is 1.43 bits per heavy atom. The number of rotatable bonds is 4. The SMILES string of the molecule is OC(CCN1CCCC1)c1cccs1. The van der Waals surface area contributed by atoms with Crippen LogP contribution in [0.5, 0.6) is 0 Å². The smallest absolute Gasteiger partial charge is 0.0894 e. The van der Waals surface area contributed by atoms with Crippen LogP contribution < -0.4 is 0 Å². The fourth-order valence-corrected chi connectivity index (χ4v) is 2.68. The van der Waals surface area contributed by atoms with E-state index in [1.165, 1.54) is 25.9 Å². The third-order valence-corrected chi connectivity index (χ3v) is 3.76. The third-order valence-electron chi connectivity index (χ3n) is 2.79. The van der Waals surface area contributed by atoms with Crippen molar-refractivity contribution in [2.45, 2.75) is 25.4 Å². The van der Waals surface area contributed by atoms with E-state index in [0.29, 0.717) is 0 Å². The van der Waals surface area contributed by atoms with Crippen LogP contribution in [0, 0.1) is 0 Å². The van der Waals surface area contributed by atoms with Crippen LogP contribution in [-0.2, 0) is 0 Å². The zero-order valence-corrected chi connectivity index (χ0v) is 9.17. The standard InChI is InChI=1S/C11H17NOS/c13-10(11-4-3-9-14-11)5-8-12-6-1-2-7-12/h3-4,9-10,13H,1-2,5-8H2. The molecule has 0 bridgehead atoms. The fourth-order valence-electron chi connectivity index (χ4n) is 1.93. The van der Waals surface area contributed by atoms with Crippen LogP contribution in [0.15, 0.2) is 17.5 Å². The van der Waals surface area contributed by atoms with E-state index in [9.17, 15) is 5.11 Å². The summed E-state index contributed by atoms with van der Waals surface area (Å²) in [5.41, 5.74) is 0. The maximum absolute atomic E-state index is 9.85. The maximum Gasteiger partial charge on any atom is 0.0894 e. The molecule has 0 spiro atoms. The van der Waals surface area contributed by atoms with Crippen LogP contribution in [0.1, 0.15) is 30.2 Å². The fraction of sp³-hybridized carbons (Fsp3) is 0.636. The Balaban J connectivity index is 1.74. The van der Waals surface area contributed by atoms with Crippen LogP contribution >= 0.6 is 11.3 Å². The second-order valence-corrected chi connectivity index (χ2v) is 4.85. The number of hydrogen-bond acceptors (Lipinski definition) is 3. The Kier molecular flexibility index (Phi) is 3.56. The lowest BCUT2D eigenvalue weighted by Crippen LogP contribution is -2.21. The number of nitrogens with zero attached hydrogens (tertiary/aromatic N) is 1. The number of hydrogen-bond donors (Lipinski definition) is 1. The molecule has 14 heavy (non-hydrogen) atoms. The van der Waals surface area contributed by atoms with Gasteiger partial charge in [-0.2, -0.15) is 0 Å². The Bertz CT molecular complexity index is 254. The highest BCUT2D eigenvalue weighted by Gasteiger charge is 2.14. The minimum absolute atomic E-state index is 0.254. The maximum atomic E-state index is 9.85. The van der Waals surface area contributed by atoms with Crippen molar-refractivity contribution in [2.24, 2.45) is 0 Å². The molecule has 1 aromatic heterocycles. The summed E-state index contributed by atoms with van der Waals surface area (Å²) in [4.78, 5) is 3.54. The molecular formula is C11H17NOS. The molecule has 1 aliphatic rings. The van der Waals surface area contributed by atoms with Crippen LogP contribution in [0.4, 0.5) is 0 Å². The van der Waals surface area contributed by atoms with E-state index in [1.807, 2.05) is 17.5 Å². The van der Waals surface area contributed by atoms with E-state index in [4.69, 9.17) is 0 Å². The molecule has 1 aliphatic heterocycles. The molecule has 0 aromatic carbocycles. The van der Waals surface area contributed by atoms with Gasteiger partial charge in [0.1, 0.15) is 0 Å². The van der Waals surface area contributed by atoms with Crippen molar-refractivity contribution in [3.63, 3.8) is 0 Å². The van der Waals surface area contributed by atoms with E-state index in [2.05, 4.69) is 4.90 Å². The van der Waals surface area contributed by atoms with Gasteiger partial charge in [0.15, 0.2) is 0 Å². The van der Waals surface area contributed by atoms with Crippen LogP contribution in [-0.4, -0.2) is 29.6 Å². The number of likely N-dealkylation sites (tertiary alicyclic amines) is 1. The molecule has 1 N–H and O–H groups in total. The Hall–Kier alpha value is -0.380. The van der Waals surface area contributed by atoms with Gasteiger partial charge < -0.3 is 10.0 Å². The van der Waals surface area contributed by atoms with Crippen LogP contribution in [0.3, 0.4) is 0 Å². The molecule has 2 heterocycles. The van der Waals surface area contributed by atoms with E-state index in [1.54, 1.807) is 11.3 Å². The predicted molar refractivity (Wildman–Crippen MR) is 59.6 cm³/mol. The number of thiophene rings is 1. The van der Waals surface area contributed by atoms with E-state index >= 15 is 0 Å². The summed E-state index contributed by atoms with van der Waals surface area (Å²) in [6, 6.07) is 4.01. The summed E-state index contributed by atoms with van der Waals surface area (Å²) in [5, 5.41) is 11.9. The summed E-state index contributed by atoms with van der Waals surface area (Å²) in [6.07, 6.45) is 3.28. The minimum atomic E-state index is -0.254. The average molecular weight is 211 g/mol. The van der Waals surface area contributed by atoms with Crippen molar-refractivity contribution < 1.29 is 5.11 Å². The summed E-state index contributed by atoms with van der Waals surface area (Å²) >= 11 is 1.64. The number of aliphatic hydroxyl groups is 1. The first-order valence-electron chi connectivity index (χ1n) is 5.30. The lowest BCUT2D eigenvalue weighted by atomic mass is 10.2. The van der Waals surface area contributed by atoms with Gasteiger partial charge in [-0.25, -0.2) is 0 Å². The second-order valence-electron chi connectivity index (χ2n) is 3.87. The quantitative estimate of drug-likeness (QED) is 0.826. The van der Waals surface area contributed by atoms with Crippen molar-refractivity contribution in [3.8, 4) is 0 Å². The highest BCUT2D eigenvalue weighted by Crippen LogP contribution is 2.22. The van der Waals surface area contributed by atoms with Gasteiger partial charge in [-0.1, -0.05) is 6.07 Å². The van der Waals surface area contributed by atoms with Crippen molar-refractivity contribution in [3.05, 3.63) is 22.4 Å². The van der Waals surface area contributed by atoms with E-state index in [-0.39, 0.29) is 6.10 Å². The van der Waals surface area contributed by atoms with E-state index < -0.39 is 0 Å².